The first-order chi connectivity index (χ1) is 8.65. The molecule has 1 saturated heterocycles. The zero-order valence-electron chi connectivity index (χ0n) is 10.5. The van der Waals surface area contributed by atoms with Crippen molar-refractivity contribution in [3.05, 3.63) is 17.8 Å². The number of nitrogens with one attached hydrogen (secondary N) is 1. The molecule has 1 aromatic heterocycles. The fourth-order valence-electron chi connectivity index (χ4n) is 2.01. The van der Waals surface area contributed by atoms with E-state index in [1.54, 1.807) is 0 Å². The highest BCUT2D eigenvalue weighted by atomic mass is 35.5. The lowest BCUT2D eigenvalue weighted by Gasteiger charge is -2.24. The number of hydrogen-bond acceptors (Lipinski definition) is 4. The molecular formula is C11H17ClN4OS. The Kier molecular flexibility index (Phi) is 4.42. The molecule has 1 aromatic rings. The highest BCUT2D eigenvalue weighted by Gasteiger charge is 2.36. The van der Waals surface area contributed by atoms with Crippen molar-refractivity contribution in [3.63, 3.8) is 0 Å². The van der Waals surface area contributed by atoms with E-state index < -0.39 is 0 Å². The van der Waals surface area contributed by atoms with Crippen molar-refractivity contribution in [2.75, 3.05) is 19.5 Å². The van der Waals surface area contributed by atoms with E-state index in [9.17, 15) is 0 Å². The maximum Gasteiger partial charge on any atom is 0.185 e. The van der Waals surface area contributed by atoms with Crippen LogP contribution in [0.5, 0.6) is 0 Å². The molecule has 1 atom stereocenters. The molecule has 7 heteroatoms. The minimum absolute atomic E-state index is 0.0321. The van der Waals surface area contributed by atoms with Crippen LogP contribution in [0.25, 0.3) is 0 Å². The topological polar surface area (TPSA) is 44.5 Å². The predicted octanol–water partition coefficient (Wildman–Crippen LogP) is 2.04. The Morgan fingerprint density at radius 3 is 2.94 bits per heavy atom. The molecule has 0 amide bonds. The second-order valence-corrected chi connectivity index (χ2v) is 5.06. The molecule has 1 unspecified atom stereocenters. The predicted molar refractivity (Wildman–Crippen MR) is 74.1 cm³/mol. The number of halogens is 1. The third-order valence-corrected chi connectivity index (χ3v) is 3.67. The minimum atomic E-state index is -0.0321. The first-order valence-corrected chi connectivity index (χ1v) is 6.85. The van der Waals surface area contributed by atoms with Crippen molar-refractivity contribution in [2.45, 2.75) is 25.9 Å². The number of unbranched alkanes of at least 4 members (excludes halogenated alkanes) is 1. The van der Waals surface area contributed by atoms with Gasteiger partial charge in [-0.1, -0.05) is 0 Å². The van der Waals surface area contributed by atoms with Gasteiger partial charge in [-0.05, 0) is 32.0 Å². The summed E-state index contributed by atoms with van der Waals surface area (Å²) >= 11 is 11.0. The quantitative estimate of drug-likeness (QED) is 0.508. The Labute approximate surface area is 117 Å². The molecule has 1 fully saturated rings. The van der Waals surface area contributed by atoms with E-state index >= 15 is 0 Å². The van der Waals surface area contributed by atoms with Gasteiger partial charge in [-0.2, -0.15) is 5.01 Å². The van der Waals surface area contributed by atoms with Gasteiger partial charge in [0.1, 0.15) is 0 Å². The number of thiocarbonyl (C=S) groups is 1. The average Bonchev–Trinajstić information content (AvgIpc) is 2.86. The zero-order valence-corrected chi connectivity index (χ0v) is 12.1. The second-order valence-electron chi connectivity index (χ2n) is 4.29. The Morgan fingerprint density at radius 2 is 2.33 bits per heavy atom. The number of rotatable bonds is 5. The van der Waals surface area contributed by atoms with E-state index in [1.165, 1.54) is 6.39 Å². The molecule has 5 nitrogen and oxygen atoms in total. The summed E-state index contributed by atoms with van der Waals surface area (Å²) in [5.41, 5.74) is 4.08. The van der Waals surface area contributed by atoms with Crippen molar-refractivity contribution in [1.29, 1.82) is 0 Å². The molecule has 1 aliphatic heterocycles. The smallest absolute Gasteiger partial charge is 0.185 e. The van der Waals surface area contributed by atoms with Crippen LogP contribution in [0.2, 0.25) is 0 Å². The van der Waals surface area contributed by atoms with Gasteiger partial charge in [0, 0.05) is 19.5 Å². The summed E-state index contributed by atoms with van der Waals surface area (Å²) < 4.78 is 5.48. The van der Waals surface area contributed by atoms with Gasteiger partial charge in [0.25, 0.3) is 0 Å². The Bertz CT molecular complexity index is 425. The lowest BCUT2D eigenvalue weighted by Crippen LogP contribution is -2.35. The molecule has 0 radical (unpaired) electrons. The third-order valence-electron chi connectivity index (χ3n) is 3.02. The summed E-state index contributed by atoms with van der Waals surface area (Å²) in [5, 5.41) is 2.77. The normalized spacial score (nSPS) is 20.5. The monoisotopic (exact) mass is 288 g/mol. The SMILES string of the molecule is Cc1ncoc1C1N(CCCCCl)NC(=S)N1C. The first-order valence-electron chi connectivity index (χ1n) is 5.91. The standard InChI is InChI=1S/C11H17ClN4OS/c1-8-9(17-7-13-8)10-15(2)11(18)14-16(10)6-4-3-5-12/h7,10H,3-6H2,1-2H3,(H,14,18). The molecule has 2 heterocycles. The molecule has 0 saturated carbocycles. The second kappa shape index (κ2) is 5.86. The lowest BCUT2D eigenvalue weighted by molar-refractivity contribution is 0.110. The van der Waals surface area contributed by atoms with Crippen LogP contribution in [0.3, 0.4) is 0 Å². The number of aromatic nitrogens is 1. The summed E-state index contributed by atoms with van der Waals surface area (Å²) in [6, 6.07) is 0. The van der Waals surface area contributed by atoms with Crippen LogP contribution < -0.4 is 5.43 Å². The molecule has 1 aliphatic rings. The molecule has 0 bridgehead atoms. The van der Waals surface area contributed by atoms with E-state index in [2.05, 4.69) is 15.4 Å². The zero-order chi connectivity index (χ0) is 13.1. The van der Waals surface area contributed by atoms with Crippen molar-refractivity contribution in [1.82, 2.24) is 20.3 Å². The van der Waals surface area contributed by atoms with Crippen LogP contribution in [-0.2, 0) is 0 Å². The molecule has 2 rings (SSSR count). The highest BCUT2D eigenvalue weighted by molar-refractivity contribution is 7.80. The number of alkyl halides is 1. The molecule has 0 spiro atoms. The first kappa shape index (κ1) is 13.6. The molecule has 100 valence electrons. The molecular weight excluding hydrogens is 272 g/mol. The van der Waals surface area contributed by atoms with E-state index in [0.717, 1.165) is 30.8 Å². The van der Waals surface area contributed by atoms with Crippen LogP contribution in [0.4, 0.5) is 0 Å². The third kappa shape index (κ3) is 2.60. The number of nitrogens with zero attached hydrogens (tertiary/aromatic N) is 3. The molecule has 18 heavy (non-hydrogen) atoms. The fourth-order valence-corrected chi connectivity index (χ4v) is 2.42. The van der Waals surface area contributed by atoms with Crippen LogP contribution in [0, 0.1) is 6.92 Å². The molecule has 0 aromatic carbocycles. The summed E-state index contributed by atoms with van der Waals surface area (Å²) in [6.45, 7) is 2.80. The Hall–Kier alpha value is -0.850. The summed E-state index contributed by atoms with van der Waals surface area (Å²) in [5.74, 6) is 1.51. The maximum absolute atomic E-state index is 5.70. The van der Waals surface area contributed by atoms with Crippen LogP contribution in [0.15, 0.2) is 10.8 Å². The van der Waals surface area contributed by atoms with Crippen molar-refractivity contribution >= 4 is 28.9 Å². The van der Waals surface area contributed by atoms with Crippen LogP contribution >= 0.6 is 23.8 Å². The fraction of sp³-hybridized carbons (Fsp3) is 0.636. The van der Waals surface area contributed by atoms with Gasteiger partial charge in [-0.15, -0.1) is 11.6 Å². The van der Waals surface area contributed by atoms with E-state index in [1.807, 2.05) is 18.9 Å². The molecule has 0 aliphatic carbocycles. The minimum Gasteiger partial charge on any atom is -0.444 e. The summed E-state index contributed by atoms with van der Waals surface area (Å²) in [4.78, 5) is 6.12. The van der Waals surface area contributed by atoms with Gasteiger partial charge in [0.2, 0.25) is 0 Å². The van der Waals surface area contributed by atoms with Gasteiger partial charge in [0.15, 0.2) is 23.4 Å². The summed E-state index contributed by atoms with van der Waals surface area (Å²) in [7, 11) is 1.95. The van der Waals surface area contributed by atoms with Crippen molar-refractivity contribution in [2.24, 2.45) is 0 Å². The maximum atomic E-state index is 5.70. The molecule has 1 N–H and O–H groups in total. The van der Waals surface area contributed by atoms with Crippen molar-refractivity contribution in [3.8, 4) is 0 Å². The summed E-state index contributed by atoms with van der Waals surface area (Å²) in [6.07, 6.45) is 3.43. The van der Waals surface area contributed by atoms with Crippen molar-refractivity contribution < 1.29 is 4.42 Å². The number of hydrazine groups is 1. The number of oxazole rings is 1. The van der Waals surface area contributed by atoms with Crippen LogP contribution in [0.1, 0.15) is 30.5 Å². The van der Waals surface area contributed by atoms with Gasteiger partial charge in [-0.25, -0.2) is 4.98 Å². The van der Waals surface area contributed by atoms with E-state index in [4.69, 9.17) is 28.2 Å². The van der Waals surface area contributed by atoms with Gasteiger partial charge < -0.3 is 9.32 Å². The van der Waals surface area contributed by atoms with E-state index in [0.29, 0.717) is 11.0 Å². The number of aryl methyl sites for hydroxylation is 1. The Morgan fingerprint density at radius 1 is 1.56 bits per heavy atom. The van der Waals surface area contributed by atoms with E-state index in [-0.39, 0.29) is 6.17 Å². The number of hydrogen-bond donors (Lipinski definition) is 1. The Balaban J connectivity index is 2.13. The van der Waals surface area contributed by atoms with Gasteiger partial charge in [0.05, 0.1) is 5.69 Å². The average molecular weight is 289 g/mol. The lowest BCUT2D eigenvalue weighted by atomic mass is 10.2. The largest absolute Gasteiger partial charge is 0.444 e. The van der Waals surface area contributed by atoms with Gasteiger partial charge >= 0.3 is 0 Å². The van der Waals surface area contributed by atoms with Gasteiger partial charge in [-0.3, -0.25) is 5.43 Å². The van der Waals surface area contributed by atoms with Crippen LogP contribution in [-0.4, -0.2) is 39.5 Å². The highest BCUT2D eigenvalue weighted by Crippen LogP contribution is 2.29.